The van der Waals surface area contributed by atoms with E-state index in [-0.39, 0.29) is 4.88 Å². The number of hydrogen-bond donors (Lipinski definition) is 1. The Morgan fingerprint density at radius 3 is 2.62 bits per heavy atom. The molecule has 148 valence electrons. The lowest BCUT2D eigenvalue weighted by atomic mass is 10.1. The molecular weight excluding hydrogens is 390 g/mol. The highest BCUT2D eigenvalue weighted by atomic mass is 32.1. The number of fused-ring (bicyclic) bond motifs is 2. The van der Waals surface area contributed by atoms with Crippen LogP contribution in [0.3, 0.4) is 0 Å². The predicted molar refractivity (Wildman–Crippen MR) is 113 cm³/mol. The number of carbonyl (C=O) groups is 1. The molecule has 29 heavy (non-hydrogen) atoms. The summed E-state index contributed by atoms with van der Waals surface area (Å²) in [6.07, 6.45) is 2.40. The minimum Gasteiger partial charge on any atom is -0.493 e. The molecule has 0 radical (unpaired) electrons. The highest BCUT2D eigenvalue weighted by molar-refractivity contribution is 7.21. The van der Waals surface area contributed by atoms with Crippen molar-refractivity contribution in [2.45, 2.75) is 6.42 Å². The van der Waals surface area contributed by atoms with Crippen molar-refractivity contribution in [2.75, 3.05) is 20.8 Å². The van der Waals surface area contributed by atoms with Crippen LogP contribution in [0.4, 0.5) is 0 Å². The molecule has 0 aliphatic carbocycles. The highest BCUT2D eigenvalue weighted by Crippen LogP contribution is 2.43. The van der Waals surface area contributed by atoms with E-state index in [9.17, 15) is 9.90 Å². The Morgan fingerprint density at radius 2 is 1.86 bits per heavy atom. The number of carboxylic acids is 1. The molecule has 0 saturated heterocycles. The average molecular weight is 409 g/mol. The second kappa shape index (κ2) is 7.97. The van der Waals surface area contributed by atoms with Crippen LogP contribution in [-0.4, -0.2) is 36.9 Å². The van der Waals surface area contributed by atoms with Gasteiger partial charge in [-0.25, -0.2) is 4.79 Å². The zero-order chi connectivity index (χ0) is 20.4. The molecule has 0 saturated carbocycles. The summed E-state index contributed by atoms with van der Waals surface area (Å²) in [5.74, 6) is 0.415. The van der Waals surface area contributed by atoms with Crippen molar-refractivity contribution < 1.29 is 24.1 Å². The quantitative estimate of drug-likeness (QED) is 0.473. The van der Waals surface area contributed by atoms with Gasteiger partial charge in [-0.2, -0.15) is 0 Å². The zero-order valence-electron chi connectivity index (χ0n) is 16.0. The van der Waals surface area contributed by atoms with E-state index in [2.05, 4.69) is 4.98 Å². The Hall–Kier alpha value is -3.32. The standard InChI is InChI=1S/C22H19NO5S/c1-26-17-11-15-19(12-18(17)27-2)29-21(22(24)25)20(15)28-10-8-13-5-3-7-16-14(13)6-4-9-23-16/h3-7,9,11-12H,8,10H2,1-2H3,(H,24,25). The number of aromatic nitrogens is 1. The molecule has 0 aliphatic rings. The van der Waals surface area contributed by atoms with E-state index in [1.807, 2.05) is 30.3 Å². The SMILES string of the molecule is COc1cc2sc(C(=O)O)c(OCCc3cccc4ncccc34)c2cc1OC. The summed E-state index contributed by atoms with van der Waals surface area (Å²) in [5.41, 5.74) is 2.03. The fourth-order valence-electron chi connectivity index (χ4n) is 3.33. The van der Waals surface area contributed by atoms with Gasteiger partial charge in [-0.1, -0.05) is 18.2 Å². The molecule has 2 aromatic carbocycles. The van der Waals surface area contributed by atoms with Crippen molar-refractivity contribution in [1.29, 1.82) is 0 Å². The Kier molecular flexibility index (Phi) is 5.22. The molecule has 7 heteroatoms. The molecule has 0 fully saturated rings. The summed E-state index contributed by atoms with van der Waals surface area (Å²) in [6, 6.07) is 13.4. The maximum Gasteiger partial charge on any atom is 0.349 e. The van der Waals surface area contributed by atoms with Gasteiger partial charge >= 0.3 is 5.97 Å². The van der Waals surface area contributed by atoms with E-state index in [0.29, 0.717) is 35.7 Å². The van der Waals surface area contributed by atoms with Gasteiger partial charge in [0.2, 0.25) is 0 Å². The Morgan fingerprint density at radius 1 is 1.07 bits per heavy atom. The van der Waals surface area contributed by atoms with Gasteiger partial charge in [0.05, 0.1) is 26.3 Å². The number of hydrogen-bond acceptors (Lipinski definition) is 6. The van der Waals surface area contributed by atoms with E-state index in [0.717, 1.165) is 32.5 Å². The van der Waals surface area contributed by atoms with Crippen LogP contribution < -0.4 is 14.2 Å². The van der Waals surface area contributed by atoms with Gasteiger partial charge in [0.15, 0.2) is 22.1 Å². The number of thiophene rings is 1. The predicted octanol–water partition coefficient (Wildman–Crippen LogP) is 4.79. The van der Waals surface area contributed by atoms with E-state index in [1.165, 1.54) is 0 Å². The van der Waals surface area contributed by atoms with Gasteiger partial charge in [0, 0.05) is 34.2 Å². The van der Waals surface area contributed by atoms with E-state index < -0.39 is 5.97 Å². The van der Waals surface area contributed by atoms with E-state index >= 15 is 0 Å². The Bertz CT molecular complexity index is 1200. The summed E-state index contributed by atoms with van der Waals surface area (Å²) < 4.78 is 17.4. The first-order valence-electron chi connectivity index (χ1n) is 8.99. The lowest BCUT2D eigenvalue weighted by Gasteiger charge is -2.10. The minimum absolute atomic E-state index is 0.162. The van der Waals surface area contributed by atoms with Crippen LogP contribution in [0.15, 0.2) is 48.7 Å². The van der Waals surface area contributed by atoms with Crippen LogP contribution in [0.2, 0.25) is 0 Å². The molecule has 6 nitrogen and oxygen atoms in total. The van der Waals surface area contributed by atoms with Crippen molar-refractivity contribution in [3.05, 3.63) is 59.1 Å². The lowest BCUT2D eigenvalue weighted by molar-refractivity contribution is 0.0698. The van der Waals surface area contributed by atoms with Crippen molar-refractivity contribution in [2.24, 2.45) is 0 Å². The number of ether oxygens (including phenoxy) is 3. The number of methoxy groups -OCH3 is 2. The monoisotopic (exact) mass is 409 g/mol. The maximum absolute atomic E-state index is 11.8. The van der Waals surface area contributed by atoms with Crippen LogP contribution in [0, 0.1) is 0 Å². The molecule has 4 aromatic rings. The average Bonchev–Trinajstić information content (AvgIpc) is 3.10. The van der Waals surface area contributed by atoms with Gasteiger partial charge in [0.1, 0.15) is 0 Å². The van der Waals surface area contributed by atoms with Crippen molar-refractivity contribution >= 4 is 38.3 Å². The normalized spacial score (nSPS) is 11.0. The fourth-order valence-corrected chi connectivity index (χ4v) is 4.33. The number of aromatic carboxylic acids is 1. The van der Waals surface area contributed by atoms with Crippen molar-refractivity contribution in [3.63, 3.8) is 0 Å². The third kappa shape index (κ3) is 3.56. The first kappa shape index (κ1) is 19.0. The summed E-state index contributed by atoms with van der Waals surface area (Å²) in [5, 5.41) is 11.4. The van der Waals surface area contributed by atoms with Gasteiger partial charge < -0.3 is 19.3 Å². The van der Waals surface area contributed by atoms with Crippen molar-refractivity contribution in [3.8, 4) is 17.2 Å². The van der Waals surface area contributed by atoms with Gasteiger partial charge in [0.25, 0.3) is 0 Å². The smallest absolute Gasteiger partial charge is 0.349 e. The molecule has 0 spiro atoms. The molecule has 0 bridgehead atoms. The summed E-state index contributed by atoms with van der Waals surface area (Å²) in [6.45, 7) is 0.342. The van der Waals surface area contributed by atoms with Crippen LogP contribution in [-0.2, 0) is 6.42 Å². The molecule has 4 rings (SSSR count). The molecule has 0 aliphatic heterocycles. The maximum atomic E-state index is 11.8. The molecule has 0 amide bonds. The van der Waals surface area contributed by atoms with Gasteiger partial charge in [-0.05, 0) is 23.8 Å². The summed E-state index contributed by atoms with van der Waals surface area (Å²) >= 11 is 1.16. The summed E-state index contributed by atoms with van der Waals surface area (Å²) in [4.78, 5) is 16.3. The number of nitrogens with zero attached hydrogens (tertiary/aromatic N) is 1. The molecule has 2 aromatic heterocycles. The van der Waals surface area contributed by atoms with E-state index in [1.54, 1.807) is 32.5 Å². The second-order valence-electron chi connectivity index (χ2n) is 6.35. The Labute approximate surface area is 171 Å². The van der Waals surface area contributed by atoms with E-state index in [4.69, 9.17) is 14.2 Å². The third-order valence-corrected chi connectivity index (χ3v) is 5.82. The number of benzene rings is 2. The first-order valence-corrected chi connectivity index (χ1v) is 9.81. The molecule has 0 atom stereocenters. The van der Waals surface area contributed by atoms with Gasteiger partial charge in [-0.15, -0.1) is 11.3 Å². The number of carboxylic acid groups (broad SMARTS) is 1. The zero-order valence-corrected chi connectivity index (χ0v) is 16.8. The van der Waals surface area contributed by atoms with Crippen molar-refractivity contribution in [1.82, 2.24) is 4.98 Å². The topological polar surface area (TPSA) is 77.9 Å². The number of pyridine rings is 1. The first-order chi connectivity index (χ1) is 14.1. The molecule has 0 unspecified atom stereocenters. The van der Waals surface area contributed by atoms with Crippen LogP contribution in [0.1, 0.15) is 15.2 Å². The molecule has 2 heterocycles. The molecule has 1 N–H and O–H groups in total. The third-order valence-electron chi connectivity index (χ3n) is 4.70. The van der Waals surface area contributed by atoms with Gasteiger partial charge in [-0.3, -0.25) is 4.98 Å². The molecular formula is C22H19NO5S. The Balaban J connectivity index is 1.66. The van der Waals surface area contributed by atoms with Crippen LogP contribution in [0.5, 0.6) is 17.2 Å². The lowest BCUT2D eigenvalue weighted by Crippen LogP contribution is -2.05. The largest absolute Gasteiger partial charge is 0.493 e. The van der Waals surface area contributed by atoms with Crippen LogP contribution >= 0.6 is 11.3 Å². The highest BCUT2D eigenvalue weighted by Gasteiger charge is 2.21. The minimum atomic E-state index is -1.02. The fraction of sp³-hybridized carbons (Fsp3) is 0.182. The second-order valence-corrected chi connectivity index (χ2v) is 7.41. The summed E-state index contributed by atoms with van der Waals surface area (Å²) in [7, 11) is 3.09. The van der Waals surface area contributed by atoms with Crippen LogP contribution in [0.25, 0.3) is 21.0 Å². The number of rotatable bonds is 7.